The molecule has 3 rings (SSSR count). The van der Waals surface area contributed by atoms with Gasteiger partial charge in [0.25, 0.3) is 5.56 Å². The van der Waals surface area contributed by atoms with Crippen LogP contribution >= 0.6 is 23.2 Å². The maximum absolute atomic E-state index is 12.0. The molecular formula is C19H17Cl2N3O2. The Kier molecular flexibility index (Phi) is 5.91. The van der Waals surface area contributed by atoms with Gasteiger partial charge in [-0.3, -0.25) is 9.59 Å². The van der Waals surface area contributed by atoms with Crippen molar-refractivity contribution in [3.63, 3.8) is 0 Å². The molecule has 2 aromatic carbocycles. The number of rotatable bonds is 6. The number of carbonyl (C=O) groups is 1. The van der Waals surface area contributed by atoms with Gasteiger partial charge in [0.2, 0.25) is 5.91 Å². The molecule has 26 heavy (non-hydrogen) atoms. The molecule has 0 aliphatic rings. The van der Waals surface area contributed by atoms with Crippen molar-refractivity contribution in [2.75, 3.05) is 0 Å². The normalized spacial score (nSPS) is 10.8. The molecule has 0 aliphatic carbocycles. The highest BCUT2D eigenvalue weighted by Gasteiger charge is 2.07. The van der Waals surface area contributed by atoms with Gasteiger partial charge in [-0.05, 0) is 36.2 Å². The number of H-pyrrole nitrogens is 1. The summed E-state index contributed by atoms with van der Waals surface area (Å²) in [7, 11) is 0. The monoisotopic (exact) mass is 389 g/mol. The zero-order valence-corrected chi connectivity index (χ0v) is 15.4. The molecule has 134 valence electrons. The molecule has 0 radical (unpaired) electrons. The average Bonchev–Trinajstić information content (AvgIpc) is 2.61. The van der Waals surface area contributed by atoms with Crippen LogP contribution in [0.3, 0.4) is 0 Å². The number of amides is 1. The lowest BCUT2D eigenvalue weighted by atomic mass is 10.2. The van der Waals surface area contributed by atoms with Gasteiger partial charge < -0.3 is 10.3 Å². The summed E-state index contributed by atoms with van der Waals surface area (Å²) in [4.78, 5) is 31.2. The first-order valence-corrected chi connectivity index (χ1v) is 8.97. The molecule has 2 N–H and O–H groups in total. The summed E-state index contributed by atoms with van der Waals surface area (Å²) in [6.45, 7) is 0.347. The molecule has 0 saturated carbocycles. The maximum Gasteiger partial charge on any atom is 0.258 e. The van der Waals surface area contributed by atoms with E-state index in [2.05, 4.69) is 15.3 Å². The zero-order valence-electron chi connectivity index (χ0n) is 13.9. The fourth-order valence-electron chi connectivity index (χ4n) is 2.62. The number of hydrogen-bond donors (Lipinski definition) is 2. The summed E-state index contributed by atoms with van der Waals surface area (Å²) in [5, 5.41) is 4.47. The fraction of sp³-hybridized carbons (Fsp3) is 0.211. The number of aryl methyl sites for hydroxylation is 1. The van der Waals surface area contributed by atoms with Gasteiger partial charge in [-0.15, -0.1) is 0 Å². The summed E-state index contributed by atoms with van der Waals surface area (Å²) in [5.41, 5.74) is 1.31. The van der Waals surface area contributed by atoms with E-state index in [1.165, 1.54) is 0 Å². The number of halogens is 2. The Morgan fingerprint density at radius 1 is 1.15 bits per heavy atom. The van der Waals surface area contributed by atoms with E-state index in [-0.39, 0.29) is 11.5 Å². The van der Waals surface area contributed by atoms with Crippen molar-refractivity contribution in [3.8, 4) is 0 Å². The third-order valence-electron chi connectivity index (χ3n) is 3.97. The molecule has 0 spiro atoms. The summed E-state index contributed by atoms with van der Waals surface area (Å²) < 4.78 is 0. The second kappa shape index (κ2) is 8.34. The molecule has 1 amide bonds. The molecule has 1 aromatic heterocycles. The smallest absolute Gasteiger partial charge is 0.258 e. The first kappa shape index (κ1) is 18.4. The number of carbonyl (C=O) groups excluding carboxylic acids is 1. The zero-order chi connectivity index (χ0) is 18.5. The summed E-state index contributed by atoms with van der Waals surface area (Å²) >= 11 is 11.9. The Labute approximate surface area is 160 Å². The van der Waals surface area contributed by atoms with Crippen LogP contribution in [0, 0.1) is 0 Å². The highest BCUT2D eigenvalue weighted by Crippen LogP contribution is 2.20. The highest BCUT2D eigenvalue weighted by atomic mass is 35.5. The van der Waals surface area contributed by atoms with Crippen LogP contribution in [0.1, 0.15) is 24.2 Å². The minimum Gasteiger partial charge on any atom is -0.352 e. The van der Waals surface area contributed by atoms with E-state index in [0.717, 1.165) is 5.56 Å². The molecule has 0 bridgehead atoms. The lowest BCUT2D eigenvalue weighted by molar-refractivity contribution is -0.121. The Balaban J connectivity index is 1.51. The summed E-state index contributed by atoms with van der Waals surface area (Å²) in [6.07, 6.45) is 1.44. The predicted molar refractivity (Wildman–Crippen MR) is 104 cm³/mol. The number of aromatic nitrogens is 2. The first-order chi connectivity index (χ1) is 12.5. The quantitative estimate of drug-likeness (QED) is 0.671. The topological polar surface area (TPSA) is 74.8 Å². The van der Waals surface area contributed by atoms with Gasteiger partial charge >= 0.3 is 0 Å². The Bertz CT molecular complexity index is 1000. The molecule has 7 heteroatoms. The lowest BCUT2D eigenvalue weighted by Gasteiger charge is -2.07. The van der Waals surface area contributed by atoms with Crippen LogP contribution in [0.25, 0.3) is 10.9 Å². The molecule has 0 unspecified atom stereocenters. The van der Waals surface area contributed by atoms with Gasteiger partial charge in [-0.1, -0.05) is 41.4 Å². The van der Waals surface area contributed by atoms with Gasteiger partial charge in [-0.2, -0.15) is 0 Å². The highest BCUT2D eigenvalue weighted by molar-refractivity contribution is 6.35. The number of benzene rings is 2. The van der Waals surface area contributed by atoms with Crippen LogP contribution in [-0.4, -0.2) is 15.9 Å². The van der Waals surface area contributed by atoms with Crippen molar-refractivity contribution in [1.29, 1.82) is 0 Å². The van der Waals surface area contributed by atoms with Crippen LogP contribution in [0.15, 0.2) is 47.3 Å². The van der Waals surface area contributed by atoms with E-state index in [1.54, 1.807) is 36.4 Å². The minimum absolute atomic E-state index is 0.0841. The second-order valence-electron chi connectivity index (χ2n) is 5.90. The largest absolute Gasteiger partial charge is 0.352 e. The van der Waals surface area contributed by atoms with Crippen LogP contribution in [-0.2, 0) is 17.8 Å². The first-order valence-electron chi connectivity index (χ1n) is 8.21. The van der Waals surface area contributed by atoms with E-state index in [9.17, 15) is 9.59 Å². The Morgan fingerprint density at radius 3 is 2.77 bits per heavy atom. The van der Waals surface area contributed by atoms with Crippen molar-refractivity contribution < 1.29 is 4.79 Å². The van der Waals surface area contributed by atoms with Crippen LogP contribution < -0.4 is 10.9 Å². The fourth-order valence-corrected chi connectivity index (χ4v) is 3.09. The number of hydrogen-bond acceptors (Lipinski definition) is 3. The van der Waals surface area contributed by atoms with Gasteiger partial charge in [0.05, 0.1) is 10.9 Å². The molecule has 1 heterocycles. The summed E-state index contributed by atoms with van der Waals surface area (Å²) in [6, 6.07) is 12.3. The predicted octanol–water partition coefficient (Wildman–Crippen LogP) is 3.87. The number of nitrogens with zero attached hydrogens (tertiary/aromatic N) is 1. The van der Waals surface area contributed by atoms with Crippen molar-refractivity contribution in [1.82, 2.24) is 15.3 Å². The minimum atomic E-state index is -0.160. The number of para-hydroxylation sites is 1. The van der Waals surface area contributed by atoms with Crippen LogP contribution in [0.4, 0.5) is 0 Å². The van der Waals surface area contributed by atoms with Crippen LogP contribution in [0.5, 0.6) is 0 Å². The van der Waals surface area contributed by atoms with E-state index >= 15 is 0 Å². The molecule has 0 aliphatic heterocycles. The SMILES string of the molecule is O=C(CCCc1nc2ccccc2c(=O)[nH]1)NCc1ccc(Cl)cc1Cl. The average molecular weight is 390 g/mol. The third kappa shape index (κ3) is 4.62. The molecule has 0 atom stereocenters. The van der Waals surface area contributed by atoms with E-state index < -0.39 is 0 Å². The van der Waals surface area contributed by atoms with E-state index in [0.29, 0.717) is 52.6 Å². The van der Waals surface area contributed by atoms with E-state index in [4.69, 9.17) is 23.2 Å². The number of fused-ring (bicyclic) bond motifs is 1. The number of aromatic amines is 1. The maximum atomic E-state index is 12.0. The lowest BCUT2D eigenvalue weighted by Crippen LogP contribution is -2.23. The van der Waals surface area contributed by atoms with Gasteiger partial charge in [0.1, 0.15) is 5.82 Å². The van der Waals surface area contributed by atoms with Crippen molar-refractivity contribution in [3.05, 3.63) is 74.3 Å². The molecule has 5 nitrogen and oxygen atoms in total. The molecule has 0 saturated heterocycles. The van der Waals surface area contributed by atoms with Crippen molar-refractivity contribution >= 4 is 40.0 Å². The Morgan fingerprint density at radius 2 is 1.96 bits per heavy atom. The van der Waals surface area contributed by atoms with E-state index in [1.807, 2.05) is 6.07 Å². The third-order valence-corrected chi connectivity index (χ3v) is 4.56. The van der Waals surface area contributed by atoms with Crippen molar-refractivity contribution in [2.24, 2.45) is 0 Å². The molecule has 3 aromatic rings. The van der Waals surface area contributed by atoms with Crippen LogP contribution in [0.2, 0.25) is 10.0 Å². The van der Waals surface area contributed by atoms with Crippen molar-refractivity contribution in [2.45, 2.75) is 25.8 Å². The summed E-state index contributed by atoms with van der Waals surface area (Å²) in [5.74, 6) is 0.501. The molecular weight excluding hydrogens is 373 g/mol. The number of nitrogens with one attached hydrogen (secondary N) is 2. The Hall–Kier alpha value is -2.37. The van der Waals surface area contributed by atoms with Gasteiger partial charge in [0.15, 0.2) is 0 Å². The molecule has 0 fully saturated rings. The van der Waals surface area contributed by atoms with Gasteiger partial charge in [-0.25, -0.2) is 4.98 Å². The second-order valence-corrected chi connectivity index (χ2v) is 6.74. The van der Waals surface area contributed by atoms with Gasteiger partial charge in [0, 0.05) is 29.4 Å². The standard InChI is InChI=1S/C19H17Cl2N3O2/c20-13-9-8-12(15(21)10-13)11-22-18(25)7-3-6-17-23-16-5-2-1-4-14(16)19(26)24-17/h1-2,4-5,8-10H,3,6-7,11H2,(H,22,25)(H,23,24,26).